The van der Waals surface area contributed by atoms with E-state index in [0.717, 1.165) is 23.4 Å². The topological polar surface area (TPSA) is 35.9 Å². The Bertz CT molecular complexity index is 589. The minimum absolute atomic E-state index is 0.311. The van der Waals surface area contributed by atoms with E-state index >= 15 is 0 Å². The van der Waals surface area contributed by atoms with Crippen molar-refractivity contribution in [1.82, 2.24) is 0 Å². The highest BCUT2D eigenvalue weighted by Crippen LogP contribution is 2.19. The molecule has 1 N–H and O–H groups in total. The highest BCUT2D eigenvalue weighted by molar-refractivity contribution is 9.09. The molecule has 0 aliphatic carbocycles. The maximum absolute atomic E-state index is 9.04. The molecule has 0 fully saturated rings. The molecule has 0 bridgehead atoms. The number of hydrogen-bond acceptors (Lipinski definition) is 4. The van der Waals surface area contributed by atoms with Gasteiger partial charge in [-0.2, -0.15) is 0 Å². The van der Waals surface area contributed by atoms with Gasteiger partial charge in [0.1, 0.15) is 11.5 Å². The summed E-state index contributed by atoms with van der Waals surface area (Å²) < 4.78 is 5.37. The molecule has 0 amide bonds. The predicted molar refractivity (Wildman–Crippen MR) is 114 cm³/mol. The standard InChI is InChI=1S/C10H15NO.C8H11NO.C2H5Br/c1-4-12-10-7-5-6-9(8-10)11(2)3;1-9(2)7-4-3-5-8(10)6-7;1-2-3/h5-8H,4H2,1-3H3;3-6,10H,1-2H3;2H2,1H3. The van der Waals surface area contributed by atoms with Crippen LogP contribution in [0.15, 0.2) is 48.5 Å². The summed E-state index contributed by atoms with van der Waals surface area (Å²) in [6.07, 6.45) is 0. The van der Waals surface area contributed by atoms with Crippen molar-refractivity contribution in [2.45, 2.75) is 13.8 Å². The zero-order valence-electron chi connectivity index (χ0n) is 16.2. The van der Waals surface area contributed by atoms with Gasteiger partial charge in [0.15, 0.2) is 0 Å². The number of anilines is 2. The first-order valence-electron chi connectivity index (χ1n) is 8.28. The Labute approximate surface area is 161 Å². The molecule has 0 atom stereocenters. The van der Waals surface area contributed by atoms with Crippen molar-refractivity contribution in [2.75, 3.05) is 49.9 Å². The molecule has 25 heavy (non-hydrogen) atoms. The molecule has 4 nitrogen and oxygen atoms in total. The Hall–Kier alpha value is -1.88. The highest BCUT2D eigenvalue weighted by atomic mass is 79.9. The maximum Gasteiger partial charge on any atom is 0.121 e. The van der Waals surface area contributed by atoms with Gasteiger partial charge in [-0.3, -0.25) is 0 Å². The van der Waals surface area contributed by atoms with Crippen LogP contribution in [0.25, 0.3) is 0 Å². The second kappa shape index (κ2) is 13.4. The number of phenols is 1. The summed E-state index contributed by atoms with van der Waals surface area (Å²) in [5.41, 5.74) is 2.18. The van der Waals surface area contributed by atoms with Gasteiger partial charge in [-0.05, 0) is 31.2 Å². The van der Waals surface area contributed by atoms with Crippen LogP contribution in [0.2, 0.25) is 0 Å². The van der Waals surface area contributed by atoms with Crippen LogP contribution in [0, 0.1) is 0 Å². The molecule has 2 rings (SSSR count). The first-order chi connectivity index (χ1) is 11.8. The van der Waals surface area contributed by atoms with Gasteiger partial charge in [0.05, 0.1) is 6.61 Å². The van der Waals surface area contributed by atoms with Crippen molar-refractivity contribution in [2.24, 2.45) is 0 Å². The van der Waals surface area contributed by atoms with E-state index in [0.29, 0.717) is 5.75 Å². The fourth-order valence-electron chi connectivity index (χ4n) is 1.79. The van der Waals surface area contributed by atoms with Crippen molar-refractivity contribution in [3.63, 3.8) is 0 Å². The minimum atomic E-state index is 0.311. The van der Waals surface area contributed by atoms with Gasteiger partial charge in [0, 0.05) is 57.0 Å². The summed E-state index contributed by atoms with van der Waals surface area (Å²) in [5, 5.41) is 10.1. The fourth-order valence-corrected chi connectivity index (χ4v) is 1.79. The molecular weight excluding hydrogens is 380 g/mol. The summed E-state index contributed by atoms with van der Waals surface area (Å²) in [7, 11) is 7.92. The van der Waals surface area contributed by atoms with E-state index < -0.39 is 0 Å². The molecule has 0 spiro atoms. The molecular formula is C20H31BrN2O2. The third kappa shape index (κ3) is 10.6. The molecule has 0 saturated carbocycles. The Morgan fingerprint density at radius 1 is 0.880 bits per heavy atom. The second-order valence-corrected chi connectivity index (χ2v) is 6.63. The molecule has 0 unspecified atom stereocenters. The molecule has 0 heterocycles. The van der Waals surface area contributed by atoms with E-state index in [1.807, 2.05) is 77.3 Å². The van der Waals surface area contributed by atoms with Crippen LogP contribution in [0.5, 0.6) is 11.5 Å². The Balaban J connectivity index is 0.000000403. The van der Waals surface area contributed by atoms with Crippen molar-refractivity contribution in [3.8, 4) is 11.5 Å². The number of ether oxygens (including phenoxy) is 1. The van der Waals surface area contributed by atoms with Crippen LogP contribution in [-0.4, -0.2) is 45.2 Å². The lowest BCUT2D eigenvalue weighted by atomic mass is 10.3. The quantitative estimate of drug-likeness (QED) is 0.718. The summed E-state index contributed by atoms with van der Waals surface area (Å²) in [6, 6.07) is 15.2. The highest BCUT2D eigenvalue weighted by Gasteiger charge is 1.96. The van der Waals surface area contributed by atoms with Crippen LogP contribution >= 0.6 is 15.9 Å². The van der Waals surface area contributed by atoms with Gasteiger partial charge in [0.2, 0.25) is 0 Å². The Kier molecular flexibility index (Phi) is 12.4. The summed E-state index contributed by atoms with van der Waals surface area (Å²) in [4.78, 5) is 4.00. The summed E-state index contributed by atoms with van der Waals surface area (Å²) in [5.74, 6) is 1.25. The van der Waals surface area contributed by atoms with Crippen LogP contribution in [0.1, 0.15) is 13.8 Å². The van der Waals surface area contributed by atoms with Gasteiger partial charge < -0.3 is 19.6 Å². The summed E-state index contributed by atoms with van der Waals surface area (Å²) in [6.45, 7) is 4.75. The molecule has 0 aromatic heterocycles. The van der Waals surface area contributed by atoms with Gasteiger partial charge >= 0.3 is 0 Å². The monoisotopic (exact) mass is 410 g/mol. The third-order valence-electron chi connectivity index (χ3n) is 2.99. The van der Waals surface area contributed by atoms with Gasteiger partial charge in [-0.15, -0.1) is 0 Å². The van der Waals surface area contributed by atoms with Crippen molar-refractivity contribution < 1.29 is 9.84 Å². The Morgan fingerprint density at radius 2 is 1.36 bits per heavy atom. The smallest absolute Gasteiger partial charge is 0.121 e. The van der Waals surface area contributed by atoms with Crippen LogP contribution in [-0.2, 0) is 0 Å². The molecule has 140 valence electrons. The van der Waals surface area contributed by atoms with E-state index in [4.69, 9.17) is 9.84 Å². The maximum atomic E-state index is 9.04. The predicted octanol–water partition coefficient (Wildman–Crippen LogP) is 5.01. The van der Waals surface area contributed by atoms with Crippen LogP contribution in [0.4, 0.5) is 11.4 Å². The second-order valence-electron chi connectivity index (χ2n) is 5.51. The zero-order chi connectivity index (χ0) is 19.2. The molecule has 2 aromatic rings. The molecule has 5 heteroatoms. The number of phenolic OH excluding ortho intramolecular Hbond substituents is 1. The molecule has 2 aromatic carbocycles. The van der Waals surface area contributed by atoms with E-state index in [2.05, 4.69) is 26.9 Å². The minimum Gasteiger partial charge on any atom is -0.508 e. The van der Waals surface area contributed by atoms with Crippen molar-refractivity contribution in [1.29, 1.82) is 0 Å². The Morgan fingerprint density at radius 3 is 1.76 bits per heavy atom. The van der Waals surface area contributed by atoms with E-state index in [1.165, 1.54) is 5.69 Å². The number of benzene rings is 2. The lowest BCUT2D eigenvalue weighted by Crippen LogP contribution is -2.08. The normalized spacial score (nSPS) is 9.08. The number of aromatic hydroxyl groups is 1. The van der Waals surface area contributed by atoms with Crippen molar-refractivity contribution in [3.05, 3.63) is 48.5 Å². The molecule has 0 aliphatic rings. The summed E-state index contributed by atoms with van der Waals surface area (Å²) >= 11 is 3.15. The molecule has 0 radical (unpaired) electrons. The lowest BCUT2D eigenvalue weighted by molar-refractivity contribution is 0.340. The average molecular weight is 411 g/mol. The molecule has 0 aliphatic heterocycles. The number of nitrogens with zero attached hydrogens (tertiary/aromatic N) is 2. The SMILES string of the molecule is CCBr.CCOc1cccc(N(C)C)c1.CN(C)c1cccc(O)c1. The van der Waals surface area contributed by atoms with Crippen molar-refractivity contribution >= 4 is 27.3 Å². The first kappa shape index (κ1) is 23.1. The molecule has 0 saturated heterocycles. The number of hydrogen-bond donors (Lipinski definition) is 1. The average Bonchev–Trinajstić information content (AvgIpc) is 2.57. The van der Waals surface area contributed by atoms with Gasteiger partial charge in [0.25, 0.3) is 0 Å². The van der Waals surface area contributed by atoms with Crippen LogP contribution < -0.4 is 14.5 Å². The largest absolute Gasteiger partial charge is 0.508 e. The number of alkyl halides is 1. The lowest BCUT2D eigenvalue weighted by Gasteiger charge is -2.13. The van der Waals surface area contributed by atoms with Gasteiger partial charge in [-0.1, -0.05) is 35.0 Å². The number of rotatable bonds is 4. The number of halogens is 1. The van der Waals surface area contributed by atoms with E-state index in [9.17, 15) is 0 Å². The van der Waals surface area contributed by atoms with Gasteiger partial charge in [-0.25, -0.2) is 0 Å². The van der Waals surface area contributed by atoms with E-state index in [1.54, 1.807) is 12.1 Å². The van der Waals surface area contributed by atoms with Crippen LogP contribution in [0.3, 0.4) is 0 Å². The zero-order valence-corrected chi connectivity index (χ0v) is 17.7. The third-order valence-corrected chi connectivity index (χ3v) is 2.99. The first-order valence-corrected chi connectivity index (χ1v) is 9.40. The van der Waals surface area contributed by atoms with E-state index in [-0.39, 0.29) is 0 Å². The fraction of sp³-hybridized carbons (Fsp3) is 0.400.